The molecule has 1 aliphatic rings. The van der Waals surface area contributed by atoms with E-state index in [-0.39, 0.29) is 5.92 Å². The molecule has 0 aromatic heterocycles. The molecule has 0 saturated carbocycles. The third kappa shape index (κ3) is 2.14. The third-order valence-electron chi connectivity index (χ3n) is 1.93. The lowest BCUT2D eigenvalue weighted by Gasteiger charge is -2.15. The summed E-state index contributed by atoms with van der Waals surface area (Å²) in [4.78, 5) is 12.1. The number of hydrogen-bond acceptors (Lipinski definition) is 2. The van der Waals surface area contributed by atoms with Crippen LogP contribution in [0.25, 0.3) is 0 Å². The Balaban J connectivity index is 2.37. The molecule has 0 N–H and O–H groups in total. The lowest BCUT2D eigenvalue weighted by Crippen LogP contribution is -2.25. The van der Waals surface area contributed by atoms with Crippen molar-refractivity contribution in [1.29, 1.82) is 0 Å². The fourth-order valence-electron chi connectivity index (χ4n) is 1.32. The van der Waals surface area contributed by atoms with Gasteiger partial charge in [-0.3, -0.25) is 0 Å². The van der Waals surface area contributed by atoms with Crippen LogP contribution in [0.5, 0.6) is 0 Å². The average molecular weight is 137 g/mol. The molecule has 10 heavy (non-hydrogen) atoms. The molecule has 1 saturated heterocycles. The van der Waals surface area contributed by atoms with Gasteiger partial charge in [0.2, 0.25) is 0 Å². The van der Waals surface area contributed by atoms with Crippen molar-refractivity contribution in [3.63, 3.8) is 0 Å². The summed E-state index contributed by atoms with van der Waals surface area (Å²) in [7, 11) is 5.58. The van der Waals surface area contributed by atoms with E-state index < -0.39 is 0 Å². The summed E-state index contributed by atoms with van der Waals surface area (Å²) in [6.07, 6.45) is 4.29. The first-order chi connectivity index (χ1) is 4.83. The molecule has 0 amide bonds. The van der Waals surface area contributed by atoms with Crippen LogP contribution >= 0.6 is 0 Å². The van der Waals surface area contributed by atoms with Gasteiger partial charge < -0.3 is 9.61 Å². The third-order valence-corrected chi connectivity index (χ3v) is 1.93. The molecule has 54 valence electrons. The van der Waals surface area contributed by atoms with E-state index in [0.717, 1.165) is 38.6 Å². The van der Waals surface area contributed by atoms with Gasteiger partial charge >= 0.3 is 0 Å². The zero-order chi connectivity index (χ0) is 7.40. The van der Waals surface area contributed by atoms with Gasteiger partial charge in [-0.1, -0.05) is 6.42 Å². The van der Waals surface area contributed by atoms with Crippen molar-refractivity contribution in [1.82, 2.24) is 4.81 Å². The highest BCUT2D eigenvalue weighted by Crippen LogP contribution is 2.12. The molecule has 0 bridgehead atoms. The van der Waals surface area contributed by atoms with E-state index in [1.807, 2.05) is 0 Å². The molecule has 2 nitrogen and oxygen atoms in total. The lowest BCUT2D eigenvalue weighted by molar-refractivity contribution is -0.111. The normalized spacial score (nSPS) is 29.4. The lowest BCUT2D eigenvalue weighted by atomic mass is 10.1. The highest BCUT2D eigenvalue weighted by atomic mass is 16.1. The molecule has 1 rings (SSSR count). The largest absolute Gasteiger partial charge is 0.353 e. The highest BCUT2D eigenvalue weighted by molar-refractivity contribution is 6.04. The predicted molar refractivity (Wildman–Crippen MR) is 40.7 cm³/mol. The summed E-state index contributed by atoms with van der Waals surface area (Å²) in [6.45, 7) is 1.67. The minimum Gasteiger partial charge on any atom is -0.353 e. The number of carbonyl (C=O) groups excluding carboxylic acids is 1. The Morgan fingerprint density at radius 3 is 3.00 bits per heavy atom. The average Bonchev–Trinajstić information content (AvgIpc) is 2.13. The summed E-state index contributed by atoms with van der Waals surface area (Å²) < 4.78 is 0. The molecule has 0 aliphatic carbocycles. The van der Waals surface area contributed by atoms with Crippen molar-refractivity contribution >= 4 is 14.3 Å². The van der Waals surface area contributed by atoms with Gasteiger partial charge in [-0.2, -0.15) is 0 Å². The van der Waals surface area contributed by atoms with Crippen LogP contribution in [0.1, 0.15) is 19.3 Å². The number of hydrogen-bond donors (Lipinski definition) is 0. The van der Waals surface area contributed by atoms with Crippen molar-refractivity contribution < 1.29 is 4.79 Å². The molecular formula is C7H12BNO. The number of carbonyl (C=O) groups is 1. The number of rotatable bonds is 1. The number of nitrogens with zero attached hydrogens (tertiary/aromatic N) is 1. The molecule has 3 heteroatoms. The van der Waals surface area contributed by atoms with E-state index in [9.17, 15) is 4.79 Å². The van der Waals surface area contributed by atoms with Gasteiger partial charge in [-0.05, 0) is 25.9 Å². The predicted octanol–water partition coefficient (Wildman–Crippen LogP) is 0.371. The molecule has 1 fully saturated rings. The first-order valence-corrected chi connectivity index (χ1v) is 3.78. The van der Waals surface area contributed by atoms with Gasteiger partial charge in [0.05, 0.1) is 0 Å². The standard InChI is InChI=1S/C7H12BNO/c8-9-4-2-1-3-7(5-9)6-10/h6-7H,1-5H2. The Bertz CT molecular complexity index is 118. The topological polar surface area (TPSA) is 20.3 Å². The number of aldehydes is 1. The van der Waals surface area contributed by atoms with Gasteiger partial charge in [-0.15, -0.1) is 0 Å². The summed E-state index contributed by atoms with van der Waals surface area (Å²) in [5, 5.41) is 0. The first-order valence-electron chi connectivity index (χ1n) is 3.78. The maximum Gasteiger partial charge on any atom is 0.182 e. The minimum atomic E-state index is 0.174. The smallest absolute Gasteiger partial charge is 0.182 e. The Kier molecular flexibility index (Phi) is 2.94. The Labute approximate surface area is 63.0 Å². The van der Waals surface area contributed by atoms with Gasteiger partial charge in [0.25, 0.3) is 0 Å². The van der Waals surface area contributed by atoms with Crippen molar-refractivity contribution in [2.24, 2.45) is 5.92 Å². The Morgan fingerprint density at radius 1 is 1.50 bits per heavy atom. The van der Waals surface area contributed by atoms with E-state index in [2.05, 4.69) is 0 Å². The van der Waals surface area contributed by atoms with Crippen LogP contribution in [0.15, 0.2) is 0 Å². The van der Waals surface area contributed by atoms with E-state index >= 15 is 0 Å². The zero-order valence-corrected chi connectivity index (χ0v) is 6.12. The molecule has 0 aromatic carbocycles. The van der Waals surface area contributed by atoms with E-state index in [4.69, 9.17) is 7.98 Å². The maximum absolute atomic E-state index is 10.4. The van der Waals surface area contributed by atoms with E-state index in [0.29, 0.717) is 0 Å². The van der Waals surface area contributed by atoms with E-state index in [1.165, 1.54) is 0 Å². The summed E-state index contributed by atoms with van der Waals surface area (Å²) >= 11 is 0. The minimum absolute atomic E-state index is 0.174. The van der Waals surface area contributed by atoms with Crippen LogP contribution in [0.2, 0.25) is 0 Å². The van der Waals surface area contributed by atoms with Gasteiger partial charge in [0, 0.05) is 5.92 Å². The van der Waals surface area contributed by atoms with Crippen molar-refractivity contribution in [3.05, 3.63) is 0 Å². The molecule has 1 heterocycles. The van der Waals surface area contributed by atoms with Crippen LogP contribution < -0.4 is 0 Å². The molecular weight excluding hydrogens is 125 g/mol. The molecule has 1 aliphatic heterocycles. The highest BCUT2D eigenvalue weighted by Gasteiger charge is 2.13. The van der Waals surface area contributed by atoms with E-state index in [1.54, 1.807) is 4.81 Å². The van der Waals surface area contributed by atoms with Gasteiger partial charge in [0.1, 0.15) is 6.29 Å². The second-order valence-corrected chi connectivity index (χ2v) is 2.89. The fraction of sp³-hybridized carbons (Fsp3) is 0.857. The van der Waals surface area contributed by atoms with Crippen LogP contribution in [0.3, 0.4) is 0 Å². The van der Waals surface area contributed by atoms with Crippen LogP contribution in [-0.2, 0) is 4.79 Å². The first kappa shape index (κ1) is 7.80. The molecule has 1 atom stereocenters. The monoisotopic (exact) mass is 137 g/mol. The maximum atomic E-state index is 10.4. The fourth-order valence-corrected chi connectivity index (χ4v) is 1.32. The van der Waals surface area contributed by atoms with Gasteiger partial charge in [0.15, 0.2) is 7.98 Å². The Morgan fingerprint density at radius 2 is 2.30 bits per heavy atom. The molecule has 0 spiro atoms. The van der Waals surface area contributed by atoms with Crippen LogP contribution in [0, 0.1) is 5.92 Å². The van der Waals surface area contributed by atoms with Crippen LogP contribution in [-0.4, -0.2) is 32.2 Å². The second-order valence-electron chi connectivity index (χ2n) is 2.89. The quantitative estimate of drug-likeness (QED) is 0.384. The van der Waals surface area contributed by atoms with Crippen molar-refractivity contribution in [2.45, 2.75) is 19.3 Å². The summed E-state index contributed by atoms with van der Waals surface area (Å²) in [5.74, 6) is 0.174. The SMILES string of the molecule is [B]N1CCCCC(C=O)C1. The van der Waals surface area contributed by atoms with Gasteiger partial charge in [-0.25, -0.2) is 0 Å². The summed E-state index contributed by atoms with van der Waals surface area (Å²) in [5.41, 5.74) is 0. The second kappa shape index (κ2) is 3.76. The Hall–Kier alpha value is -0.305. The van der Waals surface area contributed by atoms with Crippen molar-refractivity contribution in [3.8, 4) is 0 Å². The van der Waals surface area contributed by atoms with Crippen LogP contribution in [0.4, 0.5) is 0 Å². The zero-order valence-electron chi connectivity index (χ0n) is 6.12. The summed E-state index contributed by atoms with van der Waals surface area (Å²) in [6, 6.07) is 0. The molecule has 1 unspecified atom stereocenters. The molecule has 2 radical (unpaired) electrons. The molecule has 0 aromatic rings. The van der Waals surface area contributed by atoms with Crippen molar-refractivity contribution in [2.75, 3.05) is 13.1 Å².